The predicted octanol–water partition coefficient (Wildman–Crippen LogP) is 2.13. The largest absolute Gasteiger partial charge is 0.382 e. The molecule has 2 heterocycles. The number of hydrogen-bond donors (Lipinski definition) is 1. The van der Waals surface area contributed by atoms with Gasteiger partial charge in [-0.05, 0) is 24.3 Å². The molecule has 106 valence electrons. The smallest absolute Gasteiger partial charge is 0.244 e. The summed E-state index contributed by atoms with van der Waals surface area (Å²) >= 11 is 5.84. The van der Waals surface area contributed by atoms with Crippen LogP contribution < -0.4 is 5.73 Å². The molecule has 1 aliphatic rings. The molecule has 0 spiro atoms. The van der Waals surface area contributed by atoms with Crippen LogP contribution in [0.25, 0.3) is 0 Å². The van der Waals surface area contributed by atoms with E-state index in [0.29, 0.717) is 13.1 Å². The summed E-state index contributed by atoms with van der Waals surface area (Å²) in [7, 11) is -3.54. The minimum atomic E-state index is -3.54. The molecule has 1 saturated heterocycles. The second-order valence-electron chi connectivity index (χ2n) is 5.64. The zero-order valence-corrected chi connectivity index (χ0v) is 12.6. The van der Waals surface area contributed by atoms with Crippen molar-refractivity contribution in [1.82, 2.24) is 9.29 Å². The van der Waals surface area contributed by atoms with Gasteiger partial charge < -0.3 is 5.73 Å². The number of pyridine rings is 1. The Morgan fingerprint density at radius 2 is 2.16 bits per heavy atom. The van der Waals surface area contributed by atoms with Crippen LogP contribution >= 0.6 is 11.6 Å². The number of rotatable bonds is 2. The molecule has 0 atom stereocenters. The van der Waals surface area contributed by atoms with Crippen molar-refractivity contribution in [3.63, 3.8) is 0 Å². The SMILES string of the molecule is CC1(C)CCCN(S(=O)(=O)c2cnc(N)c(Cl)c2)C1. The van der Waals surface area contributed by atoms with Crippen LogP contribution in [-0.4, -0.2) is 30.8 Å². The lowest BCUT2D eigenvalue weighted by Crippen LogP contribution is -2.43. The van der Waals surface area contributed by atoms with Gasteiger partial charge >= 0.3 is 0 Å². The maximum Gasteiger partial charge on any atom is 0.244 e. The Hall–Kier alpha value is -0.850. The summed E-state index contributed by atoms with van der Waals surface area (Å²) < 4.78 is 26.6. The standard InChI is InChI=1S/C12H18ClN3O2S/c1-12(2)4-3-5-16(8-12)19(17,18)9-6-10(13)11(14)15-7-9/h6-7H,3-5,8H2,1-2H3,(H2,14,15). The molecule has 0 radical (unpaired) electrons. The first-order valence-corrected chi connectivity index (χ1v) is 7.95. The maximum atomic E-state index is 12.5. The zero-order valence-electron chi connectivity index (χ0n) is 11.1. The molecule has 2 rings (SSSR count). The molecule has 0 saturated carbocycles. The van der Waals surface area contributed by atoms with Gasteiger partial charge in [-0.1, -0.05) is 25.4 Å². The molecule has 7 heteroatoms. The van der Waals surface area contributed by atoms with Crippen LogP contribution in [0.2, 0.25) is 5.02 Å². The van der Waals surface area contributed by atoms with Crippen molar-refractivity contribution < 1.29 is 8.42 Å². The number of piperidine rings is 1. The van der Waals surface area contributed by atoms with Crippen molar-refractivity contribution in [3.8, 4) is 0 Å². The van der Waals surface area contributed by atoms with E-state index in [1.165, 1.54) is 16.6 Å². The summed E-state index contributed by atoms with van der Waals surface area (Å²) in [4.78, 5) is 3.92. The number of hydrogen-bond acceptors (Lipinski definition) is 4. The first-order valence-electron chi connectivity index (χ1n) is 6.14. The fourth-order valence-electron chi connectivity index (χ4n) is 2.30. The van der Waals surface area contributed by atoms with E-state index < -0.39 is 10.0 Å². The van der Waals surface area contributed by atoms with Gasteiger partial charge in [-0.15, -0.1) is 0 Å². The van der Waals surface area contributed by atoms with Gasteiger partial charge in [0.25, 0.3) is 0 Å². The predicted molar refractivity (Wildman–Crippen MR) is 75.4 cm³/mol. The van der Waals surface area contributed by atoms with E-state index >= 15 is 0 Å². The normalized spacial score (nSPS) is 20.4. The van der Waals surface area contributed by atoms with Gasteiger partial charge in [-0.25, -0.2) is 13.4 Å². The molecule has 0 amide bonds. The molecule has 19 heavy (non-hydrogen) atoms. The molecule has 5 nitrogen and oxygen atoms in total. The van der Waals surface area contributed by atoms with Crippen LogP contribution in [0.5, 0.6) is 0 Å². The quantitative estimate of drug-likeness (QED) is 0.908. The van der Waals surface area contributed by atoms with Crippen LogP contribution in [0.1, 0.15) is 26.7 Å². The Balaban J connectivity index is 2.34. The third kappa shape index (κ3) is 3.01. The highest BCUT2D eigenvalue weighted by Gasteiger charge is 2.34. The topological polar surface area (TPSA) is 76.3 Å². The first-order chi connectivity index (χ1) is 8.72. The van der Waals surface area contributed by atoms with E-state index in [1.54, 1.807) is 0 Å². The van der Waals surface area contributed by atoms with Gasteiger partial charge in [0.05, 0.1) is 5.02 Å². The summed E-state index contributed by atoms with van der Waals surface area (Å²) in [5.41, 5.74) is 5.50. The van der Waals surface area contributed by atoms with Crippen LogP contribution in [-0.2, 0) is 10.0 Å². The highest BCUT2D eigenvalue weighted by Crippen LogP contribution is 2.32. The Bertz CT molecular complexity index is 587. The Kier molecular flexibility index (Phi) is 3.77. The summed E-state index contributed by atoms with van der Waals surface area (Å²) in [5, 5.41) is 0.164. The molecule has 1 fully saturated rings. The average molecular weight is 304 g/mol. The zero-order chi connectivity index (χ0) is 14.3. The number of halogens is 1. The van der Waals surface area contributed by atoms with Crippen LogP contribution in [0.4, 0.5) is 5.82 Å². The fraction of sp³-hybridized carbons (Fsp3) is 0.583. The second kappa shape index (κ2) is 4.92. The lowest BCUT2D eigenvalue weighted by molar-refractivity contribution is 0.187. The molecule has 0 aromatic carbocycles. The number of nitrogens with zero attached hydrogens (tertiary/aromatic N) is 2. The first kappa shape index (κ1) is 14.6. The van der Waals surface area contributed by atoms with Gasteiger partial charge in [0.1, 0.15) is 10.7 Å². The Morgan fingerprint density at radius 3 is 2.74 bits per heavy atom. The molecule has 1 aliphatic heterocycles. The van der Waals surface area contributed by atoms with Crippen LogP contribution in [0.15, 0.2) is 17.2 Å². The van der Waals surface area contributed by atoms with E-state index in [1.807, 2.05) is 0 Å². The minimum Gasteiger partial charge on any atom is -0.382 e. The average Bonchev–Trinajstić information content (AvgIpc) is 2.31. The number of aromatic nitrogens is 1. The molecule has 1 aromatic rings. The summed E-state index contributed by atoms with van der Waals surface area (Å²) in [6.45, 7) is 5.19. The number of sulfonamides is 1. The molecule has 0 unspecified atom stereocenters. The van der Waals surface area contributed by atoms with Crippen molar-refractivity contribution in [1.29, 1.82) is 0 Å². The second-order valence-corrected chi connectivity index (χ2v) is 7.99. The molecule has 1 aromatic heterocycles. The highest BCUT2D eigenvalue weighted by atomic mass is 35.5. The van der Waals surface area contributed by atoms with Gasteiger partial charge in [-0.3, -0.25) is 0 Å². The van der Waals surface area contributed by atoms with Gasteiger partial charge in [0, 0.05) is 19.3 Å². The van der Waals surface area contributed by atoms with Crippen molar-refractivity contribution in [2.45, 2.75) is 31.6 Å². The number of nitrogen functional groups attached to an aromatic ring is 1. The summed E-state index contributed by atoms with van der Waals surface area (Å²) in [6, 6.07) is 1.36. The fourth-order valence-corrected chi connectivity index (χ4v) is 4.17. The van der Waals surface area contributed by atoms with E-state index in [9.17, 15) is 8.42 Å². The molecular weight excluding hydrogens is 286 g/mol. The summed E-state index contributed by atoms with van der Waals surface area (Å²) in [5.74, 6) is 0.139. The molecule has 0 bridgehead atoms. The van der Waals surface area contributed by atoms with Crippen molar-refractivity contribution >= 4 is 27.4 Å². The van der Waals surface area contributed by atoms with Crippen LogP contribution in [0, 0.1) is 5.41 Å². The van der Waals surface area contributed by atoms with E-state index in [4.69, 9.17) is 17.3 Å². The Morgan fingerprint density at radius 1 is 1.47 bits per heavy atom. The monoisotopic (exact) mass is 303 g/mol. The van der Waals surface area contributed by atoms with E-state index in [-0.39, 0.29) is 21.2 Å². The maximum absolute atomic E-state index is 12.5. The van der Waals surface area contributed by atoms with E-state index in [2.05, 4.69) is 18.8 Å². The summed E-state index contributed by atoms with van der Waals surface area (Å²) in [6.07, 6.45) is 3.15. The Labute approximate surface area is 118 Å². The highest BCUT2D eigenvalue weighted by molar-refractivity contribution is 7.89. The van der Waals surface area contributed by atoms with E-state index in [0.717, 1.165) is 12.8 Å². The lowest BCUT2D eigenvalue weighted by Gasteiger charge is -2.37. The number of nitrogens with two attached hydrogens (primary N) is 1. The van der Waals surface area contributed by atoms with Gasteiger partial charge in [-0.2, -0.15) is 4.31 Å². The number of anilines is 1. The lowest BCUT2D eigenvalue weighted by atomic mass is 9.85. The van der Waals surface area contributed by atoms with Gasteiger partial charge in [0.15, 0.2) is 0 Å². The van der Waals surface area contributed by atoms with Crippen LogP contribution in [0.3, 0.4) is 0 Å². The van der Waals surface area contributed by atoms with Gasteiger partial charge in [0.2, 0.25) is 10.0 Å². The third-order valence-corrected chi connectivity index (χ3v) is 5.46. The minimum absolute atomic E-state index is 0.00362. The van der Waals surface area contributed by atoms with Crippen molar-refractivity contribution in [2.24, 2.45) is 5.41 Å². The molecule has 0 aliphatic carbocycles. The molecular formula is C12H18ClN3O2S. The molecule has 2 N–H and O–H groups in total. The van der Waals surface area contributed by atoms with Crippen molar-refractivity contribution in [3.05, 3.63) is 17.3 Å². The van der Waals surface area contributed by atoms with Crippen molar-refractivity contribution in [2.75, 3.05) is 18.8 Å². The third-order valence-electron chi connectivity index (χ3n) is 3.35.